The summed E-state index contributed by atoms with van der Waals surface area (Å²) in [7, 11) is 0. The van der Waals surface area contributed by atoms with E-state index in [1.807, 2.05) is 0 Å². The predicted octanol–water partition coefficient (Wildman–Crippen LogP) is -0.256. The van der Waals surface area contributed by atoms with E-state index in [2.05, 4.69) is 15.3 Å². The van der Waals surface area contributed by atoms with Gasteiger partial charge in [-0.15, -0.1) is 0 Å². The summed E-state index contributed by atoms with van der Waals surface area (Å²) in [5.74, 6) is -1.42. The summed E-state index contributed by atoms with van der Waals surface area (Å²) in [5.41, 5.74) is 0.563. The van der Waals surface area contributed by atoms with Gasteiger partial charge in [0.15, 0.2) is 0 Å². The van der Waals surface area contributed by atoms with Crippen molar-refractivity contribution in [3.63, 3.8) is 0 Å². The van der Waals surface area contributed by atoms with Crippen LogP contribution in [0.3, 0.4) is 0 Å². The van der Waals surface area contributed by atoms with E-state index >= 15 is 0 Å². The number of nitrogens with one attached hydrogen (secondary N) is 2. The molecule has 1 heterocycles. The molecule has 70 valence electrons. The molecule has 1 aromatic rings. The molecular formula is C7H9N3O3. The standard InChI is InChI=1S/C7H9N3O3/c1-4(11)8-2-5-3-9-6(10-5)7(12)13/h3H,2H2,1H3,(H,8,11)(H,9,10)(H,12,13). The van der Waals surface area contributed by atoms with E-state index in [1.165, 1.54) is 13.1 Å². The van der Waals surface area contributed by atoms with Crippen LogP contribution in [0.4, 0.5) is 0 Å². The van der Waals surface area contributed by atoms with Crippen molar-refractivity contribution >= 4 is 11.9 Å². The molecule has 1 aromatic heterocycles. The number of rotatable bonds is 3. The lowest BCUT2D eigenvalue weighted by Crippen LogP contribution is -2.19. The Balaban J connectivity index is 2.59. The third-order valence-corrected chi connectivity index (χ3v) is 1.36. The Morgan fingerprint density at radius 1 is 1.69 bits per heavy atom. The number of aromatic amines is 1. The summed E-state index contributed by atoms with van der Waals surface area (Å²) in [5, 5.41) is 11.0. The molecule has 0 aliphatic heterocycles. The maximum Gasteiger partial charge on any atom is 0.371 e. The van der Waals surface area contributed by atoms with Crippen molar-refractivity contribution in [2.24, 2.45) is 0 Å². The highest BCUT2D eigenvalue weighted by Crippen LogP contribution is 1.96. The van der Waals surface area contributed by atoms with E-state index in [-0.39, 0.29) is 18.3 Å². The fraction of sp³-hybridized carbons (Fsp3) is 0.286. The van der Waals surface area contributed by atoms with Gasteiger partial charge in [0.2, 0.25) is 11.7 Å². The first-order valence-electron chi connectivity index (χ1n) is 3.61. The van der Waals surface area contributed by atoms with E-state index in [0.29, 0.717) is 5.69 Å². The van der Waals surface area contributed by atoms with E-state index in [4.69, 9.17) is 5.11 Å². The van der Waals surface area contributed by atoms with Crippen LogP contribution in [0.5, 0.6) is 0 Å². The number of amides is 1. The van der Waals surface area contributed by atoms with E-state index in [0.717, 1.165) is 0 Å². The van der Waals surface area contributed by atoms with Crippen LogP contribution in [0.25, 0.3) is 0 Å². The molecule has 0 spiro atoms. The largest absolute Gasteiger partial charge is 0.475 e. The van der Waals surface area contributed by atoms with Crippen molar-refractivity contribution in [1.82, 2.24) is 15.3 Å². The average molecular weight is 183 g/mol. The number of hydrogen-bond acceptors (Lipinski definition) is 3. The number of hydrogen-bond donors (Lipinski definition) is 3. The van der Waals surface area contributed by atoms with Crippen LogP contribution in [0.2, 0.25) is 0 Å². The van der Waals surface area contributed by atoms with Crippen LogP contribution in [-0.4, -0.2) is 27.0 Å². The maximum absolute atomic E-state index is 10.5. The van der Waals surface area contributed by atoms with Gasteiger partial charge >= 0.3 is 5.97 Å². The highest BCUT2D eigenvalue weighted by atomic mass is 16.4. The highest BCUT2D eigenvalue weighted by molar-refractivity contribution is 5.83. The van der Waals surface area contributed by atoms with Gasteiger partial charge in [-0.1, -0.05) is 0 Å². The molecule has 0 saturated heterocycles. The molecule has 0 aliphatic carbocycles. The van der Waals surface area contributed by atoms with Crippen LogP contribution in [0.1, 0.15) is 23.2 Å². The van der Waals surface area contributed by atoms with Gasteiger partial charge in [0.25, 0.3) is 0 Å². The van der Waals surface area contributed by atoms with Gasteiger partial charge in [-0.05, 0) is 0 Å². The summed E-state index contributed by atoms with van der Waals surface area (Å²) in [6, 6.07) is 0. The van der Waals surface area contributed by atoms with Gasteiger partial charge in [0.1, 0.15) is 0 Å². The Morgan fingerprint density at radius 3 is 2.85 bits per heavy atom. The van der Waals surface area contributed by atoms with Crippen molar-refractivity contribution in [1.29, 1.82) is 0 Å². The van der Waals surface area contributed by atoms with Crippen molar-refractivity contribution in [2.75, 3.05) is 0 Å². The van der Waals surface area contributed by atoms with Crippen molar-refractivity contribution in [3.05, 3.63) is 17.7 Å². The quantitative estimate of drug-likeness (QED) is 0.601. The fourth-order valence-corrected chi connectivity index (χ4v) is 0.777. The third kappa shape index (κ3) is 2.58. The smallest absolute Gasteiger partial charge is 0.371 e. The zero-order chi connectivity index (χ0) is 9.84. The highest BCUT2D eigenvalue weighted by Gasteiger charge is 2.07. The molecule has 0 aliphatic rings. The molecule has 1 amide bonds. The second kappa shape index (κ2) is 3.70. The van der Waals surface area contributed by atoms with Crippen LogP contribution >= 0.6 is 0 Å². The first kappa shape index (κ1) is 9.24. The summed E-state index contributed by atoms with van der Waals surface area (Å²) in [4.78, 5) is 27.0. The lowest BCUT2D eigenvalue weighted by Gasteiger charge is -1.96. The van der Waals surface area contributed by atoms with Crippen molar-refractivity contribution < 1.29 is 14.7 Å². The molecular weight excluding hydrogens is 174 g/mol. The minimum Gasteiger partial charge on any atom is -0.475 e. The predicted molar refractivity (Wildman–Crippen MR) is 43.1 cm³/mol. The monoisotopic (exact) mass is 183 g/mol. The van der Waals surface area contributed by atoms with E-state index in [9.17, 15) is 9.59 Å². The van der Waals surface area contributed by atoms with Gasteiger partial charge in [-0.2, -0.15) is 0 Å². The van der Waals surface area contributed by atoms with E-state index < -0.39 is 5.97 Å². The number of imidazole rings is 1. The molecule has 0 radical (unpaired) electrons. The normalized spacial score (nSPS) is 9.62. The molecule has 0 atom stereocenters. The van der Waals surface area contributed by atoms with Crippen molar-refractivity contribution in [2.45, 2.75) is 13.5 Å². The van der Waals surface area contributed by atoms with Crippen LogP contribution < -0.4 is 5.32 Å². The molecule has 0 unspecified atom stereocenters. The molecule has 13 heavy (non-hydrogen) atoms. The first-order chi connectivity index (χ1) is 6.09. The van der Waals surface area contributed by atoms with Gasteiger partial charge in [0, 0.05) is 6.92 Å². The molecule has 0 aromatic carbocycles. The molecule has 6 heteroatoms. The molecule has 1 rings (SSSR count). The Bertz CT molecular complexity index is 331. The Hall–Kier alpha value is -1.85. The van der Waals surface area contributed by atoms with Gasteiger partial charge < -0.3 is 15.4 Å². The number of aromatic nitrogens is 2. The lowest BCUT2D eigenvalue weighted by atomic mass is 10.4. The zero-order valence-corrected chi connectivity index (χ0v) is 7.00. The number of carbonyl (C=O) groups excluding carboxylic acids is 1. The summed E-state index contributed by atoms with van der Waals surface area (Å²) >= 11 is 0. The second-order valence-corrected chi connectivity index (χ2v) is 2.47. The minimum absolute atomic E-state index is 0.125. The molecule has 6 nitrogen and oxygen atoms in total. The number of carbonyl (C=O) groups is 2. The summed E-state index contributed by atoms with van der Waals surface area (Å²) in [6.45, 7) is 1.64. The topological polar surface area (TPSA) is 95.1 Å². The minimum atomic E-state index is -1.12. The first-order valence-corrected chi connectivity index (χ1v) is 3.61. The number of aromatic carboxylic acids is 1. The number of H-pyrrole nitrogens is 1. The molecule has 0 fully saturated rings. The van der Waals surface area contributed by atoms with Gasteiger partial charge in [-0.25, -0.2) is 9.78 Å². The Morgan fingerprint density at radius 2 is 2.38 bits per heavy atom. The lowest BCUT2D eigenvalue weighted by molar-refractivity contribution is -0.119. The Kier molecular flexibility index (Phi) is 2.63. The maximum atomic E-state index is 10.5. The average Bonchev–Trinajstić information content (AvgIpc) is 2.48. The summed E-state index contributed by atoms with van der Waals surface area (Å²) in [6.07, 6.45) is 1.37. The SMILES string of the molecule is CC(=O)NCc1cnc(C(=O)O)[nH]1. The molecule has 0 bridgehead atoms. The fourth-order valence-electron chi connectivity index (χ4n) is 0.777. The van der Waals surface area contributed by atoms with Gasteiger partial charge in [-0.3, -0.25) is 4.79 Å². The van der Waals surface area contributed by atoms with Crippen LogP contribution in [0, 0.1) is 0 Å². The Labute approximate surface area is 74.0 Å². The molecule has 0 saturated carbocycles. The van der Waals surface area contributed by atoms with Crippen LogP contribution in [0.15, 0.2) is 6.20 Å². The van der Waals surface area contributed by atoms with Crippen molar-refractivity contribution in [3.8, 4) is 0 Å². The van der Waals surface area contributed by atoms with Gasteiger partial charge in [0.05, 0.1) is 18.4 Å². The van der Waals surface area contributed by atoms with E-state index in [1.54, 1.807) is 0 Å². The second-order valence-electron chi connectivity index (χ2n) is 2.47. The summed E-state index contributed by atoms with van der Waals surface area (Å²) < 4.78 is 0. The molecule has 3 N–H and O–H groups in total. The number of nitrogens with zero attached hydrogens (tertiary/aromatic N) is 1. The number of carboxylic acid groups (broad SMARTS) is 1. The zero-order valence-electron chi connectivity index (χ0n) is 7.00. The third-order valence-electron chi connectivity index (χ3n) is 1.36. The van der Waals surface area contributed by atoms with Crippen LogP contribution in [-0.2, 0) is 11.3 Å². The number of carboxylic acids is 1.